The molecule has 166 valence electrons. The summed E-state index contributed by atoms with van der Waals surface area (Å²) in [5, 5.41) is 5.96. The lowest BCUT2D eigenvalue weighted by molar-refractivity contribution is -0.124. The van der Waals surface area contributed by atoms with E-state index in [4.69, 9.17) is 0 Å². The van der Waals surface area contributed by atoms with Crippen molar-refractivity contribution in [2.24, 2.45) is 0 Å². The fourth-order valence-electron chi connectivity index (χ4n) is 3.78. The molecule has 1 heterocycles. The molecule has 6 nitrogen and oxygen atoms in total. The largest absolute Gasteiger partial charge is 0.348 e. The summed E-state index contributed by atoms with van der Waals surface area (Å²) in [7, 11) is 0. The molecule has 0 radical (unpaired) electrons. The zero-order chi connectivity index (χ0) is 22.1. The molecule has 3 rings (SSSR count). The molecule has 0 unspecified atom stereocenters. The summed E-state index contributed by atoms with van der Waals surface area (Å²) in [5.41, 5.74) is 1.72. The molecular weight excluding hydrogens is 395 g/mol. The normalized spacial score (nSPS) is 15.9. The van der Waals surface area contributed by atoms with Crippen molar-refractivity contribution < 1.29 is 14.0 Å². The Kier molecular flexibility index (Phi) is 8.55. The molecule has 0 bridgehead atoms. The molecule has 2 amide bonds. The van der Waals surface area contributed by atoms with Crippen molar-refractivity contribution in [3.63, 3.8) is 0 Å². The molecule has 0 aromatic heterocycles. The predicted octanol–water partition coefficient (Wildman–Crippen LogP) is 3.04. The van der Waals surface area contributed by atoms with Crippen molar-refractivity contribution in [2.45, 2.75) is 25.8 Å². The Morgan fingerprint density at radius 3 is 2.06 bits per heavy atom. The van der Waals surface area contributed by atoms with Crippen molar-refractivity contribution in [3.05, 3.63) is 66.0 Å². The van der Waals surface area contributed by atoms with Crippen molar-refractivity contribution in [3.8, 4) is 0 Å². The van der Waals surface area contributed by atoms with Gasteiger partial charge in [-0.3, -0.25) is 19.4 Å². The molecule has 1 atom stereocenters. The van der Waals surface area contributed by atoms with Crippen LogP contribution in [0, 0.1) is 5.82 Å². The molecule has 0 aliphatic carbocycles. The monoisotopic (exact) mass is 426 g/mol. The van der Waals surface area contributed by atoms with Crippen LogP contribution in [-0.2, 0) is 9.59 Å². The maximum Gasteiger partial charge on any atom is 0.238 e. The number of hydrogen-bond acceptors (Lipinski definition) is 4. The summed E-state index contributed by atoms with van der Waals surface area (Å²) >= 11 is 0. The first-order valence-corrected chi connectivity index (χ1v) is 10.9. The summed E-state index contributed by atoms with van der Waals surface area (Å²) in [4.78, 5) is 29.0. The molecule has 1 aliphatic heterocycles. The minimum atomic E-state index is -0.331. The van der Waals surface area contributed by atoms with E-state index in [0.29, 0.717) is 12.2 Å². The molecule has 2 aromatic rings. The van der Waals surface area contributed by atoms with Crippen LogP contribution in [0.4, 0.5) is 10.1 Å². The Balaban J connectivity index is 1.40. The highest BCUT2D eigenvalue weighted by atomic mass is 19.1. The average Bonchev–Trinajstić information content (AvgIpc) is 2.77. The van der Waals surface area contributed by atoms with Crippen LogP contribution in [0.5, 0.6) is 0 Å². The number of piperazine rings is 1. The summed E-state index contributed by atoms with van der Waals surface area (Å²) in [6, 6.07) is 15.8. The number of benzene rings is 2. The minimum absolute atomic E-state index is 0.0322. The van der Waals surface area contributed by atoms with E-state index in [9.17, 15) is 14.0 Å². The zero-order valence-electron chi connectivity index (χ0n) is 18.0. The second-order valence-corrected chi connectivity index (χ2v) is 7.93. The first-order chi connectivity index (χ1) is 15.0. The van der Waals surface area contributed by atoms with Gasteiger partial charge in [-0.1, -0.05) is 43.7 Å². The predicted molar refractivity (Wildman–Crippen MR) is 120 cm³/mol. The summed E-state index contributed by atoms with van der Waals surface area (Å²) in [5.74, 6) is -0.421. The lowest BCUT2D eigenvalue weighted by Crippen LogP contribution is -2.51. The first kappa shape index (κ1) is 22.9. The molecule has 31 heavy (non-hydrogen) atoms. The zero-order valence-corrected chi connectivity index (χ0v) is 18.0. The van der Waals surface area contributed by atoms with E-state index in [1.807, 2.05) is 18.2 Å². The Labute approximate surface area is 183 Å². The number of carbonyl (C=O) groups excluding carboxylic acids is 2. The molecule has 2 N–H and O–H groups in total. The van der Waals surface area contributed by atoms with E-state index < -0.39 is 0 Å². The number of anilines is 1. The Bertz CT molecular complexity index is 836. The van der Waals surface area contributed by atoms with E-state index in [1.54, 1.807) is 12.1 Å². The summed E-state index contributed by atoms with van der Waals surface area (Å²) in [6.07, 6.45) is 1.91. The van der Waals surface area contributed by atoms with E-state index in [2.05, 4.69) is 39.5 Å². The van der Waals surface area contributed by atoms with Gasteiger partial charge in [-0.05, 0) is 36.2 Å². The van der Waals surface area contributed by atoms with Gasteiger partial charge in [0.1, 0.15) is 5.82 Å². The molecule has 1 fully saturated rings. The number of amides is 2. The highest BCUT2D eigenvalue weighted by Crippen LogP contribution is 2.18. The van der Waals surface area contributed by atoms with Crippen LogP contribution in [0.1, 0.15) is 31.4 Å². The number of rotatable bonds is 9. The van der Waals surface area contributed by atoms with Gasteiger partial charge in [-0.2, -0.15) is 0 Å². The molecule has 7 heteroatoms. The van der Waals surface area contributed by atoms with E-state index in [0.717, 1.165) is 44.6 Å². The minimum Gasteiger partial charge on any atom is -0.348 e. The molecule has 0 saturated carbocycles. The Morgan fingerprint density at radius 1 is 0.903 bits per heavy atom. The fourth-order valence-corrected chi connectivity index (χ4v) is 3.78. The third-order valence-electron chi connectivity index (χ3n) is 5.44. The van der Waals surface area contributed by atoms with Gasteiger partial charge in [0.25, 0.3) is 0 Å². The van der Waals surface area contributed by atoms with Gasteiger partial charge in [0.05, 0.1) is 19.1 Å². The third kappa shape index (κ3) is 7.45. The SMILES string of the molecule is CCC[C@H](NC(=O)CN1CCN(CC(=O)Nc2ccc(F)cc2)CC1)c1ccccc1. The summed E-state index contributed by atoms with van der Waals surface area (Å²) < 4.78 is 13.0. The third-order valence-corrected chi connectivity index (χ3v) is 5.44. The average molecular weight is 427 g/mol. The highest BCUT2D eigenvalue weighted by Gasteiger charge is 2.22. The maximum absolute atomic E-state index is 13.0. The molecular formula is C24H31FN4O2. The second kappa shape index (κ2) is 11.6. The highest BCUT2D eigenvalue weighted by molar-refractivity contribution is 5.92. The number of nitrogens with zero attached hydrogens (tertiary/aromatic N) is 2. The van der Waals surface area contributed by atoms with Gasteiger partial charge >= 0.3 is 0 Å². The van der Waals surface area contributed by atoms with E-state index >= 15 is 0 Å². The first-order valence-electron chi connectivity index (χ1n) is 10.9. The lowest BCUT2D eigenvalue weighted by Gasteiger charge is -2.34. The number of nitrogens with one attached hydrogen (secondary N) is 2. The maximum atomic E-state index is 13.0. The Hall–Kier alpha value is -2.77. The van der Waals surface area contributed by atoms with Crippen molar-refractivity contribution in [1.29, 1.82) is 0 Å². The molecule has 0 spiro atoms. The van der Waals surface area contributed by atoms with Crippen molar-refractivity contribution in [1.82, 2.24) is 15.1 Å². The van der Waals surface area contributed by atoms with Gasteiger partial charge in [-0.15, -0.1) is 0 Å². The van der Waals surface area contributed by atoms with Crippen LogP contribution in [-0.4, -0.2) is 60.9 Å². The van der Waals surface area contributed by atoms with Gasteiger partial charge in [0, 0.05) is 31.9 Å². The van der Waals surface area contributed by atoms with Crippen LogP contribution in [0.2, 0.25) is 0 Å². The quantitative estimate of drug-likeness (QED) is 0.647. The molecule has 1 saturated heterocycles. The number of halogens is 1. The topological polar surface area (TPSA) is 64.7 Å². The molecule has 2 aromatic carbocycles. The van der Waals surface area contributed by atoms with Crippen LogP contribution in [0.15, 0.2) is 54.6 Å². The van der Waals surface area contributed by atoms with Gasteiger partial charge < -0.3 is 10.6 Å². The van der Waals surface area contributed by atoms with Crippen LogP contribution in [0.3, 0.4) is 0 Å². The standard InChI is InChI=1S/C24H31FN4O2/c1-2-6-22(19-7-4-3-5-8-19)27-24(31)18-29-15-13-28(14-16-29)17-23(30)26-21-11-9-20(25)10-12-21/h3-5,7-12,22H,2,6,13-18H2,1H3,(H,26,30)(H,27,31)/t22-/m0/s1. The van der Waals surface area contributed by atoms with Crippen molar-refractivity contribution in [2.75, 3.05) is 44.6 Å². The lowest BCUT2D eigenvalue weighted by atomic mass is 10.0. The van der Waals surface area contributed by atoms with E-state index in [-0.39, 0.29) is 30.2 Å². The Morgan fingerprint density at radius 2 is 1.48 bits per heavy atom. The van der Waals surface area contributed by atoms with Crippen LogP contribution in [0.25, 0.3) is 0 Å². The number of carbonyl (C=O) groups is 2. The fraction of sp³-hybridized carbons (Fsp3) is 0.417. The number of hydrogen-bond donors (Lipinski definition) is 2. The van der Waals surface area contributed by atoms with Gasteiger partial charge in [-0.25, -0.2) is 4.39 Å². The summed E-state index contributed by atoms with van der Waals surface area (Å²) in [6.45, 7) is 5.69. The van der Waals surface area contributed by atoms with Gasteiger partial charge in [0.15, 0.2) is 0 Å². The van der Waals surface area contributed by atoms with Crippen LogP contribution >= 0.6 is 0 Å². The smallest absolute Gasteiger partial charge is 0.238 e. The van der Waals surface area contributed by atoms with Crippen LogP contribution < -0.4 is 10.6 Å². The van der Waals surface area contributed by atoms with E-state index in [1.165, 1.54) is 12.1 Å². The molecule has 1 aliphatic rings. The van der Waals surface area contributed by atoms with Gasteiger partial charge in [0.2, 0.25) is 11.8 Å². The van der Waals surface area contributed by atoms with Crippen molar-refractivity contribution >= 4 is 17.5 Å². The second-order valence-electron chi connectivity index (χ2n) is 7.93.